The summed E-state index contributed by atoms with van der Waals surface area (Å²) in [5.74, 6) is 0.682. The lowest BCUT2D eigenvalue weighted by molar-refractivity contribution is 0.0525. The molecule has 0 N–H and O–H groups in total. The van der Waals surface area contributed by atoms with E-state index in [0.717, 1.165) is 16.3 Å². The average molecular weight is 225 g/mol. The molecule has 0 radical (unpaired) electrons. The Morgan fingerprint density at radius 3 is 2.80 bits per heavy atom. The molecule has 0 aliphatic rings. The molecular weight excluding hydrogens is 210 g/mol. The summed E-state index contributed by atoms with van der Waals surface area (Å²) in [4.78, 5) is 15.7. The summed E-state index contributed by atoms with van der Waals surface area (Å²) in [6, 6.07) is 1.92. The number of carbonyl (C=O) groups is 1. The Morgan fingerprint density at radius 2 is 2.27 bits per heavy atom. The molecule has 0 atom stereocenters. The van der Waals surface area contributed by atoms with Gasteiger partial charge in [-0.1, -0.05) is 6.92 Å². The van der Waals surface area contributed by atoms with E-state index in [0.29, 0.717) is 12.2 Å². The number of esters is 1. The highest BCUT2D eigenvalue weighted by Crippen LogP contribution is 2.18. The molecule has 0 spiro atoms. The van der Waals surface area contributed by atoms with Crippen molar-refractivity contribution in [1.82, 2.24) is 4.98 Å². The molecule has 0 amide bonds. The van der Waals surface area contributed by atoms with Crippen LogP contribution in [0.5, 0.6) is 0 Å². The van der Waals surface area contributed by atoms with Crippen LogP contribution in [-0.4, -0.2) is 23.3 Å². The molecule has 0 saturated carbocycles. The second kappa shape index (κ2) is 5.75. The first kappa shape index (κ1) is 12.0. The van der Waals surface area contributed by atoms with Gasteiger partial charge in [-0.3, -0.25) is 0 Å². The molecule has 0 unspecified atom stereocenters. The number of aromatic nitrogens is 1. The largest absolute Gasteiger partial charge is 0.462 e. The van der Waals surface area contributed by atoms with Crippen LogP contribution in [0.15, 0.2) is 17.3 Å². The fourth-order valence-electron chi connectivity index (χ4n) is 1.18. The summed E-state index contributed by atoms with van der Waals surface area (Å²) in [5.41, 5.74) is 1.47. The van der Waals surface area contributed by atoms with Crippen molar-refractivity contribution in [2.24, 2.45) is 0 Å². The van der Waals surface area contributed by atoms with Crippen molar-refractivity contribution in [1.29, 1.82) is 0 Å². The van der Waals surface area contributed by atoms with Crippen molar-refractivity contribution in [2.75, 3.05) is 12.4 Å². The van der Waals surface area contributed by atoms with Crippen LogP contribution in [0.2, 0.25) is 0 Å². The van der Waals surface area contributed by atoms with Crippen LogP contribution in [0.1, 0.15) is 29.8 Å². The molecule has 4 heteroatoms. The Kier molecular flexibility index (Phi) is 4.62. The zero-order chi connectivity index (χ0) is 11.3. The summed E-state index contributed by atoms with van der Waals surface area (Å²) in [6.45, 7) is 6.15. The van der Waals surface area contributed by atoms with Crippen LogP contribution in [0, 0.1) is 6.92 Å². The standard InChI is InChI=1S/C11H15NO2S/c1-4-14-11(13)9-7-12-10(15-5-2)6-8(9)3/h6-7H,4-5H2,1-3H3. The third-order valence-corrected chi connectivity index (χ3v) is 2.68. The number of hydrogen-bond acceptors (Lipinski definition) is 4. The SMILES string of the molecule is CCOC(=O)c1cnc(SCC)cc1C. The highest BCUT2D eigenvalue weighted by atomic mass is 32.2. The van der Waals surface area contributed by atoms with Crippen molar-refractivity contribution >= 4 is 17.7 Å². The van der Waals surface area contributed by atoms with E-state index in [1.807, 2.05) is 13.0 Å². The van der Waals surface area contributed by atoms with Gasteiger partial charge in [-0.2, -0.15) is 0 Å². The first-order valence-electron chi connectivity index (χ1n) is 4.95. The van der Waals surface area contributed by atoms with E-state index in [-0.39, 0.29) is 5.97 Å². The molecule has 15 heavy (non-hydrogen) atoms. The van der Waals surface area contributed by atoms with Crippen LogP contribution in [-0.2, 0) is 4.74 Å². The van der Waals surface area contributed by atoms with E-state index in [2.05, 4.69) is 11.9 Å². The predicted molar refractivity (Wildman–Crippen MR) is 61.3 cm³/mol. The smallest absolute Gasteiger partial charge is 0.339 e. The number of carbonyl (C=O) groups excluding carboxylic acids is 1. The number of ether oxygens (including phenoxy) is 1. The number of aryl methyl sites for hydroxylation is 1. The van der Waals surface area contributed by atoms with Crippen LogP contribution in [0.3, 0.4) is 0 Å². The monoisotopic (exact) mass is 225 g/mol. The average Bonchev–Trinajstić information content (AvgIpc) is 2.18. The minimum Gasteiger partial charge on any atom is -0.462 e. The van der Waals surface area contributed by atoms with Gasteiger partial charge in [-0.25, -0.2) is 9.78 Å². The molecule has 1 aromatic heterocycles. The Balaban J connectivity index is 2.87. The normalized spacial score (nSPS) is 10.1. The number of pyridine rings is 1. The topological polar surface area (TPSA) is 39.2 Å². The Morgan fingerprint density at radius 1 is 1.53 bits per heavy atom. The molecule has 0 aliphatic heterocycles. The van der Waals surface area contributed by atoms with E-state index in [9.17, 15) is 4.79 Å². The maximum atomic E-state index is 11.5. The van der Waals surface area contributed by atoms with Crippen molar-refractivity contribution in [3.8, 4) is 0 Å². The molecule has 1 rings (SSSR count). The van der Waals surface area contributed by atoms with Gasteiger partial charge >= 0.3 is 5.97 Å². The molecule has 0 saturated heterocycles. The van der Waals surface area contributed by atoms with Crippen LogP contribution in [0.4, 0.5) is 0 Å². The Hall–Kier alpha value is -1.03. The lowest BCUT2D eigenvalue weighted by Gasteiger charge is -2.06. The summed E-state index contributed by atoms with van der Waals surface area (Å²) in [6.07, 6.45) is 1.59. The van der Waals surface area contributed by atoms with Gasteiger partial charge in [0.05, 0.1) is 17.2 Å². The van der Waals surface area contributed by atoms with E-state index < -0.39 is 0 Å². The van der Waals surface area contributed by atoms with E-state index in [1.54, 1.807) is 24.9 Å². The summed E-state index contributed by atoms with van der Waals surface area (Å²) >= 11 is 1.66. The van der Waals surface area contributed by atoms with Gasteiger partial charge in [-0.05, 0) is 31.2 Å². The first-order valence-corrected chi connectivity index (χ1v) is 5.94. The first-order chi connectivity index (χ1) is 7.19. The summed E-state index contributed by atoms with van der Waals surface area (Å²) in [7, 11) is 0. The molecule has 1 aromatic rings. The highest BCUT2D eigenvalue weighted by molar-refractivity contribution is 7.99. The van der Waals surface area contributed by atoms with Crippen molar-refractivity contribution < 1.29 is 9.53 Å². The maximum Gasteiger partial charge on any atom is 0.339 e. The Bertz CT molecular complexity index is 352. The van der Waals surface area contributed by atoms with Gasteiger partial charge in [0.25, 0.3) is 0 Å². The van der Waals surface area contributed by atoms with Gasteiger partial charge in [0, 0.05) is 6.20 Å². The molecule has 3 nitrogen and oxygen atoms in total. The summed E-state index contributed by atoms with van der Waals surface area (Å²) < 4.78 is 4.92. The zero-order valence-corrected chi connectivity index (χ0v) is 10.1. The van der Waals surface area contributed by atoms with Crippen molar-refractivity contribution in [3.63, 3.8) is 0 Å². The minimum absolute atomic E-state index is 0.296. The van der Waals surface area contributed by atoms with Gasteiger partial charge < -0.3 is 4.74 Å². The van der Waals surface area contributed by atoms with Gasteiger partial charge in [0.2, 0.25) is 0 Å². The molecule has 0 aromatic carbocycles. The fourth-order valence-corrected chi connectivity index (χ4v) is 1.86. The van der Waals surface area contributed by atoms with Crippen LogP contribution >= 0.6 is 11.8 Å². The lowest BCUT2D eigenvalue weighted by Crippen LogP contribution is -2.07. The minimum atomic E-state index is -0.296. The molecule has 82 valence electrons. The number of nitrogens with zero attached hydrogens (tertiary/aromatic N) is 1. The fraction of sp³-hybridized carbons (Fsp3) is 0.455. The van der Waals surface area contributed by atoms with E-state index >= 15 is 0 Å². The second-order valence-corrected chi connectivity index (χ2v) is 4.28. The molecule has 0 bridgehead atoms. The molecular formula is C11H15NO2S. The van der Waals surface area contributed by atoms with Gasteiger partial charge in [-0.15, -0.1) is 11.8 Å². The van der Waals surface area contributed by atoms with E-state index in [1.165, 1.54) is 0 Å². The molecule has 0 aliphatic carbocycles. The highest BCUT2D eigenvalue weighted by Gasteiger charge is 2.10. The second-order valence-electron chi connectivity index (χ2n) is 2.99. The number of thioether (sulfide) groups is 1. The van der Waals surface area contributed by atoms with Crippen molar-refractivity contribution in [2.45, 2.75) is 25.8 Å². The summed E-state index contributed by atoms with van der Waals surface area (Å²) in [5, 5.41) is 0.947. The van der Waals surface area contributed by atoms with Crippen LogP contribution < -0.4 is 0 Å². The molecule has 1 heterocycles. The number of rotatable bonds is 4. The van der Waals surface area contributed by atoms with E-state index in [4.69, 9.17) is 4.74 Å². The zero-order valence-electron chi connectivity index (χ0n) is 9.24. The van der Waals surface area contributed by atoms with Gasteiger partial charge in [0.15, 0.2) is 0 Å². The third kappa shape index (κ3) is 3.23. The van der Waals surface area contributed by atoms with Crippen LogP contribution in [0.25, 0.3) is 0 Å². The molecule has 0 fully saturated rings. The maximum absolute atomic E-state index is 11.5. The third-order valence-electron chi connectivity index (χ3n) is 1.87. The Labute approximate surface area is 94.2 Å². The number of hydrogen-bond donors (Lipinski definition) is 0. The lowest BCUT2D eigenvalue weighted by atomic mass is 10.2. The van der Waals surface area contributed by atoms with Crippen molar-refractivity contribution in [3.05, 3.63) is 23.4 Å². The quantitative estimate of drug-likeness (QED) is 0.583. The van der Waals surface area contributed by atoms with Gasteiger partial charge in [0.1, 0.15) is 0 Å². The predicted octanol–water partition coefficient (Wildman–Crippen LogP) is 2.68.